The molecular weight excluding hydrogens is 443 g/mol. The molecule has 0 saturated heterocycles. The number of carbonyl (C=O) groups is 1. The number of nitro groups is 1. The summed E-state index contributed by atoms with van der Waals surface area (Å²) in [5, 5.41) is 33.8. The van der Waals surface area contributed by atoms with Crippen molar-refractivity contribution in [2.45, 2.75) is 24.5 Å². The first kappa shape index (κ1) is 23.3. The molecule has 2 atom stereocenters. The van der Waals surface area contributed by atoms with Crippen LogP contribution in [0.1, 0.15) is 35.1 Å². The molecule has 0 aromatic heterocycles. The second-order valence-electron chi connectivity index (χ2n) is 8.02. The number of amides is 1. The molecule has 8 nitrogen and oxygen atoms in total. The number of aliphatic hydroxyl groups is 2. The number of ether oxygens (including phenoxy) is 1. The molecular formula is C25H23FN2O6. The Labute approximate surface area is 194 Å². The molecule has 0 bridgehead atoms. The summed E-state index contributed by atoms with van der Waals surface area (Å²) in [7, 11) is 0. The second kappa shape index (κ2) is 9.98. The topological polar surface area (TPSA) is 122 Å². The van der Waals surface area contributed by atoms with Crippen LogP contribution >= 0.6 is 0 Å². The Morgan fingerprint density at radius 3 is 2.29 bits per heavy atom. The third kappa shape index (κ3) is 4.75. The number of hydrogen-bond acceptors (Lipinski definition) is 6. The number of alkyl carbamates (subject to hydrolysis) is 1. The van der Waals surface area contributed by atoms with Gasteiger partial charge in [0.1, 0.15) is 12.7 Å². The molecule has 0 radical (unpaired) electrons. The summed E-state index contributed by atoms with van der Waals surface area (Å²) in [6.07, 6.45) is -3.53. The van der Waals surface area contributed by atoms with E-state index in [0.717, 1.165) is 40.5 Å². The zero-order valence-corrected chi connectivity index (χ0v) is 18.1. The number of fused-ring (bicyclic) bond motifs is 3. The lowest BCUT2D eigenvalue weighted by atomic mass is 9.98. The highest BCUT2D eigenvalue weighted by atomic mass is 19.1. The second-order valence-corrected chi connectivity index (χ2v) is 8.02. The lowest BCUT2D eigenvalue weighted by Crippen LogP contribution is -2.30. The fourth-order valence-electron chi connectivity index (χ4n) is 4.21. The van der Waals surface area contributed by atoms with E-state index in [1.807, 2.05) is 48.5 Å². The number of halogens is 1. The molecule has 0 fully saturated rings. The van der Waals surface area contributed by atoms with Gasteiger partial charge in [-0.15, -0.1) is 0 Å². The number of carbonyl (C=O) groups excluding carboxylic acids is 1. The van der Waals surface area contributed by atoms with Crippen molar-refractivity contribution >= 4 is 11.8 Å². The van der Waals surface area contributed by atoms with E-state index in [2.05, 4.69) is 5.32 Å². The summed E-state index contributed by atoms with van der Waals surface area (Å²) < 4.78 is 18.9. The SMILES string of the molecule is O=C(NCCC(O)C(O)c1ccc(F)c([N+](=O)[O-])c1)OCC1c2ccccc2-c2ccccc21. The van der Waals surface area contributed by atoms with E-state index in [-0.39, 0.29) is 31.1 Å². The maximum Gasteiger partial charge on any atom is 0.407 e. The standard InChI is InChI=1S/C25H23FN2O6/c26-21-10-9-15(13-22(21)28(32)33)24(30)23(29)11-12-27-25(31)34-14-20-18-7-3-1-5-16(18)17-6-2-4-8-19(17)20/h1-10,13,20,23-24,29-30H,11-12,14H2,(H,27,31). The number of rotatable bonds is 8. The largest absolute Gasteiger partial charge is 0.449 e. The lowest BCUT2D eigenvalue weighted by Gasteiger charge is -2.19. The first-order valence-corrected chi connectivity index (χ1v) is 10.8. The van der Waals surface area contributed by atoms with Gasteiger partial charge in [0.05, 0.1) is 11.0 Å². The van der Waals surface area contributed by atoms with Gasteiger partial charge in [0.25, 0.3) is 0 Å². The van der Waals surface area contributed by atoms with Crippen LogP contribution in [0, 0.1) is 15.9 Å². The predicted octanol–water partition coefficient (Wildman–Crippen LogP) is 4.06. The Hall–Kier alpha value is -3.82. The fourth-order valence-corrected chi connectivity index (χ4v) is 4.21. The normalized spacial score (nSPS) is 14.1. The number of aliphatic hydroxyl groups excluding tert-OH is 2. The van der Waals surface area contributed by atoms with Crippen LogP contribution in [0.5, 0.6) is 0 Å². The van der Waals surface area contributed by atoms with Crippen molar-refractivity contribution in [3.05, 3.63) is 99.4 Å². The summed E-state index contributed by atoms with van der Waals surface area (Å²) in [5.74, 6) is -1.12. The maximum absolute atomic E-state index is 13.5. The predicted molar refractivity (Wildman–Crippen MR) is 122 cm³/mol. The molecule has 176 valence electrons. The van der Waals surface area contributed by atoms with Crippen LogP contribution in [0.3, 0.4) is 0 Å². The molecule has 1 aliphatic rings. The minimum absolute atomic E-state index is 0.00161. The van der Waals surface area contributed by atoms with Crippen molar-refractivity contribution in [1.29, 1.82) is 0 Å². The van der Waals surface area contributed by atoms with Gasteiger partial charge in [0.2, 0.25) is 5.82 Å². The summed E-state index contributed by atoms with van der Waals surface area (Å²) in [6.45, 7) is 0.141. The van der Waals surface area contributed by atoms with Crippen LogP contribution < -0.4 is 5.32 Å². The molecule has 0 saturated carbocycles. The lowest BCUT2D eigenvalue weighted by molar-refractivity contribution is -0.387. The van der Waals surface area contributed by atoms with Gasteiger partial charge in [-0.1, -0.05) is 54.6 Å². The van der Waals surface area contributed by atoms with Gasteiger partial charge in [-0.05, 0) is 40.3 Å². The van der Waals surface area contributed by atoms with E-state index in [4.69, 9.17) is 4.74 Å². The monoisotopic (exact) mass is 466 g/mol. The van der Waals surface area contributed by atoms with E-state index in [0.29, 0.717) is 0 Å². The average Bonchev–Trinajstić information content (AvgIpc) is 3.16. The van der Waals surface area contributed by atoms with E-state index in [9.17, 15) is 29.5 Å². The summed E-state index contributed by atoms with van der Waals surface area (Å²) in [5.41, 5.74) is 3.62. The molecule has 1 aliphatic carbocycles. The molecule has 3 aromatic rings. The summed E-state index contributed by atoms with van der Waals surface area (Å²) in [6, 6.07) is 18.8. The minimum Gasteiger partial charge on any atom is -0.449 e. The Bertz CT molecular complexity index is 1170. The number of nitrogens with one attached hydrogen (secondary N) is 1. The third-order valence-electron chi connectivity index (χ3n) is 5.93. The Balaban J connectivity index is 1.29. The fraction of sp³-hybridized carbons (Fsp3) is 0.240. The number of benzene rings is 3. The van der Waals surface area contributed by atoms with Crippen LogP contribution in [0.15, 0.2) is 66.7 Å². The molecule has 0 spiro atoms. The molecule has 3 N–H and O–H groups in total. The van der Waals surface area contributed by atoms with Gasteiger partial charge in [-0.2, -0.15) is 4.39 Å². The van der Waals surface area contributed by atoms with Gasteiger partial charge < -0.3 is 20.3 Å². The molecule has 34 heavy (non-hydrogen) atoms. The smallest absolute Gasteiger partial charge is 0.407 e. The van der Waals surface area contributed by atoms with Crippen molar-refractivity contribution < 1.29 is 29.1 Å². The van der Waals surface area contributed by atoms with Gasteiger partial charge in [0.15, 0.2) is 0 Å². The highest BCUT2D eigenvalue weighted by Crippen LogP contribution is 2.44. The quantitative estimate of drug-likeness (QED) is 0.340. The van der Waals surface area contributed by atoms with Gasteiger partial charge in [0, 0.05) is 18.5 Å². The van der Waals surface area contributed by atoms with Crippen LogP contribution in [0.4, 0.5) is 14.9 Å². The first-order chi connectivity index (χ1) is 16.4. The summed E-state index contributed by atoms with van der Waals surface area (Å²) in [4.78, 5) is 22.2. The van der Waals surface area contributed by atoms with Crippen LogP contribution in [0.2, 0.25) is 0 Å². The van der Waals surface area contributed by atoms with Gasteiger partial charge in [-0.25, -0.2) is 4.79 Å². The van der Waals surface area contributed by atoms with Crippen molar-refractivity contribution in [1.82, 2.24) is 5.32 Å². The van der Waals surface area contributed by atoms with Gasteiger partial charge >= 0.3 is 11.8 Å². The zero-order valence-electron chi connectivity index (χ0n) is 18.1. The van der Waals surface area contributed by atoms with Crippen molar-refractivity contribution in [3.63, 3.8) is 0 Å². The number of nitro benzene ring substituents is 1. The number of nitrogens with zero attached hydrogens (tertiary/aromatic N) is 1. The van der Waals surface area contributed by atoms with E-state index in [1.165, 1.54) is 0 Å². The van der Waals surface area contributed by atoms with E-state index >= 15 is 0 Å². The molecule has 2 unspecified atom stereocenters. The third-order valence-corrected chi connectivity index (χ3v) is 5.93. The molecule has 0 aliphatic heterocycles. The van der Waals surface area contributed by atoms with Gasteiger partial charge in [-0.3, -0.25) is 10.1 Å². The van der Waals surface area contributed by atoms with Crippen LogP contribution in [-0.2, 0) is 4.74 Å². The highest BCUT2D eigenvalue weighted by molar-refractivity contribution is 5.79. The molecule has 9 heteroatoms. The Morgan fingerprint density at radius 2 is 1.68 bits per heavy atom. The Kier molecular flexibility index (Phi) is 6.85. The minimum atomic E-state index is -1.48. The van der Waals surface area contributed by atoms with Crippen molar-refractivity contribution in [3.8, 4) is 11.1 Å². The highest BCUT2D eigenvalue weighted by Gasteiger charge is 2.29. The first-order valence-electron chi connectivity index (χ1n) is 10.8. The average molecular weight is 466 g/mol. The van der Waals surface area contributed by atoms with Crippen molar-refractivity contribution in [2.24, 2.45) is 0 Å². The Morgan fingerprint density at radius 1 is 1.06 bits per heavy atom. The molecule has 4 rings (SSSR count). The molecule has 1 amide bonds. The van der Waals surface area contributed by atoms with E-state index in [1.54, 1.807) is 0 Å². The van der Waals surface area contributed by atoms with Crippen molar-refractivity contribution in [2.75, 3.05) is 13.2 Å². The summed E-state index contributed by atoms with van der Waals surface area (Å²) >= 11 is 0. The zero-order chi connectivity index (χ0) is 24.2. The van der Waals surface area contributed by atoms with E-state index < -0.39 is 34.7 Å². The maximum atomic E-state index is 13.5. The number of hydrogen-bond donors (Lipinski definition) is 3. The molecule has 3 aromatic carbocycles. The van der Waals surface area contributed by atoms with Crippen LogP contribution in [0.25, 0.3) is 11.1 Å². The molecule has 0 heterocycles. The van der Waals surface area contributed by atoms with Crippen LogP contribution in [-0.4, -0.2) is 40.5 Å².